The van der Waals surface area contributed by atoms with Gasteiger partial charge in [0.2, 0.25) is 0 Å². The SMILES string of the molecule is CNCCN(C)C(=O)N1C[C@@H](O)C[C@H]1C(=O)O. The van der Waals surface area contributed by atoms with Crippen molar-refractivity contribution in [2.24, 2.45) is 0 Å². The third-order valence-electron chi connectivity index (χ3n) is 2.83. The molecule has 0 aliphatic carbocycles. The number of urea groups is 1. The van der Waals surface area contributed by atoms with Crippen molar-refractivity contribution in [1.29, 1.82) is 0 Å². The van der Waals surface area contributed by atoms with Crippen LogP contribution in [0.3, 0.4) is 0 Å². The fourth-order valence-electron chi connectivity index (χ4n) is 1.85. The number of carboxylic acids is 1. The second kappa shape index (κ2) is 5.83. The van der Waals surface area contributed by atoms with E-state index >= 15 is 0 Å². The third kappa shape index (κ3) is 3.31. The summed E-state index contributed by atoms with van der Waals surface area (Å²) < 4.78 is 0. The van der Waals surface area contributed by atoms with E-state index in [-0.39, 0.29) is 19.0 Å². The first-order valence-electron chi connectivity index (χ1n) is 5.54. The summed E-state index contributed by atoms with van der Waals surface area (Å²) in [5, 5.41) is 21.3. The number of hydrogen-bond donors (Lipinski definition) is 3. The Morgan fingerprint density at radius 2 is 2.18 bits per heavy atom. The summed E-state index contributed by atoms with van der Waals surface area (Å²) in [5.41, 5.74) is 0. The van der Waals surface area contributed by atoms with E-state index in [2.05, 4.69) is 5.32 Å². The van der Waals surface area contributed by atoms with Crippen molar-refractivity contribution in [3.8, 4) is 0 Å². The summed E-state index contributed by atoms with van der Waals surface area (Å²) in [6.45, 7) is 1.21. The monoisotopic (exact) mass is 245 g/mol. The maximum absolute atomic E-state index is 12.0. The highest BCUT2D eigenvalue weighted by Gasteiger charge is 2.39. The first kappa shape index (κ1) is 13.7. The third-order valence-corrected chi connectivity index (χ3v) is 2.83. The first-order chi connectivity index (χ1) is 7.97. The van der Waals surface area contributed by atoms with Gasteiger partial charge in [-0.3, -0.25) is 0 Å². The molecule has 0 saturated carbocycles. The normalized spacial score (nSPS) is 23.8. The predicted octanol–water partition coefficient (Wildman–Crippen LogP) is -1.22. The fourth-order valence-corrected chi connectivity index (χ4v) is 1.85. The lowest BCUT2D eigenvalue weighted by Crippen LogP contribution is -2.48. The molecule has 2 amide bonds. The number of β-amino-alcohol motifs (C(OH)–C–C–N with tert-alkyl or cyclic N) is 1. The molecule has 1 heterocycles. The van der Waals surface area contributed by atoms with Crippen molar-refractivity contribution in [2.45, 2.75) is 18.6 Å². The summed E-state index contributed by atoms with van der Waals surface area (Å²) in [4.78, 5) is 25.6. The summed E-state index contributed by atoms with van der Waals surface area (Å²) >= 11 is 0. The van der Waals surface area contributed by atoms with Gasteiger partial charge in [-0.05, 0) is 7.05 Å². The Balaban J connectivity index is 2.63. The fraction of sp³-hybridized carbons (Fsp3) is 0.800. The highest BCUT2D eigenvalue weighted by atomic mass is 16.4. The molecule has 1 aliphatic heterocycles. The van der Waals surface area contributed by atoms with Crippen molar-refractivity contribution in [2.75, 3.05) is 33.7 Å². The predicted molar refractivity (Wildman–Crippen MR) is 60.7 cm³/mol. The van der Waals surface area contributed by atoms with E-state index in [0.29, 0.717) is 13.1 Å². The van der Waals surface area contributed by atoms with E-state index in [0.717, 1.165) is 0 Å². The summed E-state index contributed by atoms with van der Waals surface area (Å²) in [7, 11) is 3.39. The standard InChI is InChI=1S/C10H19N3O4/c1-11-3-4-12(2)10(17)13-6-7(14)5-8(13)9(15)16/h7-8,11,14H,3-6H2,1-2H3,(H,15,16)/t7-,8-/m0/s1. The quantitative estimate of drug-likeness (QED) is 0.577. The molecule has 7 nitrogen and oxygen atoms in total. The number of likely N-dealkylation sites (N-methyl/N-ethyl adjacent to an activating group) is 2. The minimum atomic E-state index is -1.07. The van der Waals surface area contributed by atoms with E-state index in [1.165, 1.54) is 9.80 Å². The van der Waals surface area contributed by atoms with Crippen molar-refractivity contribution >= 4 is 12.0 Å². The number of aliphatic carboxylic acids is 1. The molecule has 98 valence electrons. The molecule has 0 spiro atoms. The molecule has 0 bridgehead atoms. The van der Waals surface area contributed by atoms with Gasteiger partial charge in [0.05, 0.1) is 6.10 Å². The van der Waals surface area contributed by atoms with Gasteiger partial charge in [-0.25, -0.2) is 9.59 Å². The smallest absolute Gasteiger partial charge is 0.326 e. The van der Waals surface area contributed by atoms with Gasteiger partial charge in [-0.15, -0.1) is 0 Å². The Morgan fingerprint density at radius 3 is 2.71 bits per heavy atom. The molecule has 2 atom stereocenters. The number of rotatable bonds is 4. The molecule has 1 saturated heterocycles. The number of hydrogen-bond acceptors (Lipinski definition) is 4. The molecular weight excluding hydrogens is 226 g/mol. The van der Waals surface area contributed by atoms with Crippen LogP contribution in [-0.4, -0.2) is 77.9 Å². The van der Waals surface area contributed by atoms with E-state index in [4.69, 9.17) is 5.11 Å². The van der Waals surface area contributed by atoms with Crippen LogP contribution in [0.25, 0.3) is 0 Å². The van der Waals surface area contributed by atoms with Crippen molar-refractivity contribution in [3.05, 3.63) is 0 Å². The molecule has 1 aliphatic rings. The summed E-state index contributed by atoms with van der Waals surface area (Å²) in [5.74, 6) is -1.07. The van der Waals surface area contributed by atoms with Crippen LogP contribution in [0.2, 0.25) is 0 Å². The second-order valence-corrected chi connectivity index (χ2v) is 4.20. The lowest BCUT2D eigenvalue weighted by molar-refractivity contribution is -0.141. The second-order valence-electron chi connectivity index (χ2n) is 4.20. The number of likely N-dealkylation sites (tertiary alicyclic amines) is 1. The Labute approximate surface area is 100.0 Å². The van der Waals surface area contributed by atoms with E-state index in [1.807, 2.05) is 0 Å². The molecule has 0 aromatic heterocycles. The lowest BCUT2D eigenvalue weighted by atomic mass is 10.2. The van der Waals surface area contributed by atoms with Crippen LogP contribution < -0.4 is 5.32 Å². The van der Waals surface area contributed by atoms with E-state index in [9.17, 15) is 14.7 Å². The highest BCUT2D eigenvalue weighted by Crippen LogP contribution is 2.19. The van der Waals surface area contributed by atoms with Gasteiger partial charge < -0.3 is 25.3 Å². The first-order valence-corrected chi connectivity index (χ1v) is 5.54. The van der Waals surface area contributed by atoms with Crippen molar-refractivity contribution in [1.82, 2.24) is 15.1 Å². The minimum Gasteiger partial charge on any atom is -0.480 e. The number of nitrogens with one attached hydrogen (secondary N) is 1. The maximum Gasteiger partial charge on any atom is 0.326 e. The Hall–Kier alpha value is -1.34. The lowest BCUT2D eigenvalue weighted by Gasteiger charge is -2.27. The number of carbonyl (C=O) groups excluding carboxylic acids is 1. The number of aliphatic hydroxyl groups excluding tert-OH is 1. The van der Waals surface area contributed by atoms with E-state index < -0.39 is 18.1 Å². The Bertz CT molecular complexity index is 297. The molecular formula is C10H19N3O4. The molecule has 0 aromatic rings. The van der Waals surface area contributed by atoms with E-state index in [1.54, 1.807) is 14.1 Å². The molecule has 1 rings (SSSR count). The van der Waals surface area contributed by atoms with Crippen molar-refractivity contribution in [3.63, 3.8) is 0 Å². The Kier molecular flexibility index (Phi) is 4.71. The van der Waals surface area contributed by atoms with Gasteiger partial charge in [-0.2, -0.15) is 0 Å². The minimum absolute atomic E-state index is 0.0830. The number of aliphatic hydroxyl groups is 1. The van der Waals surface area contributed by atoms with Crippen LogP contribution in [0.1, 0.15) is 6.42 Å². The summed E-state index contributed by atoms with van der Waals surface area (Å²) in [6.07, 6.45) is -0.654. The van der Waals surface area contributed by atoms with Crippen molar-refractivity contribution < 1.29 is 19.8 Å². The molecule has 17 heavy (non-hydrogen) atoms. The topological polar surface area (TPSA) is 93.1 Å². The number of amides is 2. The average Bonchev–Trinajstić information content (AvgIpc) is 2.67. The molecule has 1 fully saturated rings. The number of carbonyl (C=O) groups is 2. The van der Waals surface area contributed by atoms with Gasteiger partial charge in [0.1, 0.15) is 6.04 Å². The zero-order valence-corrected chi connectivity index (χ0v) is 10.1. The summed E-state index contributed by atoms with van der Waals surface area (Å²) in [6, 6.07) is -1.28. The van der Waals surface area contributed by atoms with Crippen LogP contribution >= 0.6 is 0 Å². The van der Waals surface area contributed by atoms with Gasteiger partial charge in [0, 0.05) is 33.1 Å². The Morgan fingerprint density at radius 1 is 1.53 bits per heavy atom. The zero-order chi connectivity index (χ0) is 13.0. The van der Waals surface area contributed by atoms with Crippen LogP contribution in [-0.2, 0) is 4.79 Å². The van der Waals surface area contributed by atoms with Gasteiger partial charge in [0.15, 0.2) is 0 Å². The largest absolute Gasteiger partial charge is 0.480 e. The van der Waals surface area contributed by atoms with Crippen LogP contribution in [0.4, 0.5) is 4.79 Å². The molecule has 3 N–H and O–H groups in total. The highest BCUT2D eigenvalue weighted by molar-refractivity contribution is 5.83. The molecule has 7 heteroatoms. The average molecular weight is 245 g/mol. The van der Waals surface area contributed by atoms with Crippen LogP contribution in [0.5, 0.6) is 0 Å². The molecule has 0 unspecified atom stereocenters. The van der Waals surface area contributed by atoms with Gasteiger partial charge in [0.25, 0.3) is 0 Å². The van der Waals surface area contributed by atoms with Crippen LogP contribution in [0.15, 0.2) is 0 Å². The maximum atomic E-state index is 12.0. The number of carboxylic acid groups (broad SMARTS) is 1. The zero-order valence-electron chi connectivity index (χ0n) is 10.1. The number of nitrogens with zero attached hydrogens (tertiary/aromatic N) is 2. The van der Waals surface area contributed by atoms with Gasteiger partial charge >= 0.3 is 12.0 Å². The van der Waals surface area contributed by atoms with Gasteiger partial charge in [-0.1, -0.05) is 0 Å². The van der Waals surface area contributed by atoms with Crippen LogP contribution in [0, 0.1) is 0 Å². The molecule has 0 aromatic carbocycles. The molecule has 0 radical (unpaired) electrons.